The molecular formula is C13H26N2O2. The lowest BCUT2D eigenvalue weighted by molar-refractivity contribution is -0.137. The molecule has 1 fully saturated rings. The summed E-state index contributed by atoms with van der Waals surface area (Å²) in [6, 6.07) is 0.362. The van der Waals surface area contributed by atoms with Gasteiger partial charge in [-0.05, 0) is 40.3 Å². The van der Waals surface area contributed by atoms with Gasteiger partial charge < -0.3 is 5.11 Å². The van der Waals surface area contributed by atoms with E-state index in [0.29, 0.717) is 6.04 Å². The van der Waals surface area contributed by atoms with Crippen LogP contribution in [0.25, 0.3) is 0 Å². The number of carboxylic acid groups (broad SMARTS) is 1. The van der Waals surface area contributed by atoms with Crippen LogP contribution in [0.3, 0.4) is 0 Å². The van der Waals surface area contributed by atoms with Gasteiger partial charge in [0.05, 0.1) is 0 Å². The summed E-state index contributed by atoms with van der Waals surface area (Å²) in [5, 5.41) is 8.80. The molecule has 1 unspecified atom stereocenters. The molecule has 100 valence electrons. The zero-order chi connectivity index (χ0) is 13.1. The molecule has 4 nitrogen and oxygen atoms in total. The highest BCUT2D eigenvalue weighted by molar-refractivity contribution is 5.66. The van der Waals surface area contributed by atoms with E-state index in [1.807, 2.05) is 0 Å². The molecule has 1 N–H and O–H groups in total. The van der Waals surface area contributed by atoms with E-state index in [1.165, 1.54) is 0 Å². The van der Waals surface area contributed by atoms with Crippen LogP contribution in [0.1, 0.15) is 40.0 Å². The third-order valence-electron chi connectivity index (χ3n) is 3.81. The first-order valence-electron chi connectivity index (χ1n) is 6.54. The minimum absolute atomic E-state index is 0.136. The minimum Gasteiger partial charge on any atom is -0.481 e. The average molecular weight is 242 g/mol. The Morgan fingerprint density at radius 2 is 2.12 bits per heavy atom. The predicted molar refractivity (Wildman–Crippen MR) is 69.2 cm³/mol. The fraction of sp³-hybridized carbons (Fsp3) is 0.923. The molecule has 17 heavy (non-hydrogen) atoms. The molecule has 0 amide bonds. The van der Waals surface area contributed by atoms with Gasteiger partial charge in [-0.2, -0.15) is 0 Å². The molecule has 0 spiro atoms. The van der Waals surface area contributed by atoms with Crippen LogP contribution in [0.15, 0.2) is 0 Å². The van der Waals surface area contributed by atoms with Crippen LogP contribution in [0.4, 0.5) is 0 Å². The summed E-state index contributed by atoms with van der Waals surface area (Å²) in [6.45, 7) is 9.85. The second-order valence-electron chi connectivity index (χ2n) is 5.74. The maximum absolute atomic E-state index is 10.7. The second-order valence-corrected chi connectivity index (χ2v) is 5.74. The maximum atomic E-state index is 10.7. The standard InChI is InChI=1S/C13H26N2O2/c1-5-8-15-9-11(6-7-12(16)17)14(4)13(2,3)10-15/h11H,5-10H2,1-4H3,(H,16,17). The fourth-order valence-electron chi connectivity index (χ4n) is 2.70. The molecule has 0 aromatic rings. The molecule has 0 saturated carbocycles. The molecule has 0 bridgehead atoms. The number of piperazine rings is 1. The van der Waals surface area contributed by atoms with Crippen LogP contribution in [0.2, 0.25) is 0 Å². The first kappa shape index (κ1) is 14.5. The molecule has 1 aliphatic rings. The lowest BCUT2D eigenvalue weighted by atomic mass is 9.93. The monoisotopic (exact) mass is 242 g/mol. The molecule has 0 aromatic heterocycles. The van der Waals surface area contributed by atoms with Gasteiger partial charge in [-0.25, -0.2) is 0 Å². The lowest BCUT2D eigenvalue weighted by Crippen LogP contribution is -2.62. The Bertz CT molecular complexity index is 266. The largest absolute Gasteiger partial charge is 0.481 e. The van der Waals surface area contributed by atoms with Crippen molar-refractivity contribution in [2.45, 2.75) is 51.6 Å². The average Bonchev–Trinajstić information content (AvgIpc) is 2.21. The van der Waals surface area contributed by atoms with Gasteiger partial charge in [-0.3, -0.25) is 14.6 Å². The third-order valence-corrected chi connectivity index (χ3v) is 3.81. The molecule has 4 heteroatoms. The fourth-order valence-corrected chi connectivity index (χ4v) is 2.70. The number of carboxylic acids is 1. The Kier molecular flexibility index (Phi) is 4.95. The molecule has 1 atom stereocenters. The van der Waals surface area contributed by atoms with Gasteiger partial charge in [0.15, 0.2) is 0 Å². The van der Waals surface area contributed by atoms with Crippen LogP contribution >= 0.6 is 0 Å². The number of hydrogen-bond donors (Lipinski definition) is 1. The summed E-state index contributed by atoms with van der Waals surface area (Å²) in [4.78, 5) is 15.5. The molecule has 1 aliphatic heterocycles. The van der Waals surface area contributed by atoms with E-state index in [-0.39, 0.29) is 12.0 Å². The minimum atomic E-state index is -0.691. The van der Waals surface area contributed by atoms with Crippen LogP contribution in [0, 0.1) is 0 Å². The first-order chi connectivity index (χ1) is 7.86. The first-order valence-corrected chi connectivity index (χ1v) is 6.54. The van der Waals surface area contributed by atoms with E-state index in [0.717, 1.165) is 32.5 Å². The van der Waals surface area contributed by atoms with Crippen LogP contribution in [-0.4, -0.2) is 59.1 Å². The summed E-state index contributed by atoms with van der Waals surface area (Å²) in [6.07, 6.45) is 2.17. The Hall–Kier alpha value is -0.610. The molecule has 1 saturated heterocycles. The molecule has 1 heterocycles. The van der Waals surface area contributed by atoms with Crippen molar-refractivity contribution in [1.29, 1.82) is 0 Å². The summed E-state index contributed by atoms with van der Waals surface area (Å²) >= 11 is 0. The van der Waals surface area contributed by atoms with Crippen molar-refractivity contribution in [3.05, 3.63) is 0 Å². The van der Waals surface area contributed by atoms with E-state index in [4.69, 9.17) is 5.11 Å². The summed E-state index contributed by atoms with van der Waals surface area (Å²) in [7, 11) is 2.12. The van der Waals surface area contributed by atoms with Crippen molar-refractivity contribution in [3.63, 3.8) is 0 Å². The van der Waals surface area contributed by atoms with Gasteiger partial charge in [0.25, 0.3) is 0 Å². The van der Waals surface area contributed by atoms with Crippen molar-refractivity contribution >= 4 is 5.97 Å². The van der Waals surface area contributed by atoms with Crippen molar-refractivity contribution in [2.75, 3.05) is 26.7 Å². The van der Waals surface area contributed by atoms with Crippen LogP contribution in [-0.2, 0) is 4.79 Å². The Labute approximate surface area is 105 Å². The van der Waals surface area contributed by atoms with Crippen LogP contribution in [0.5, 0.6) is 0 Å². The molecule has 0 radical (unpaired) electrons. The van der Waals surface area contributed by atoms with E-state index in [9.17, 15) is 4.79 Å². The Morgan fingerprint density at radius 1 is 1.47 bits per heavy atom. The lowest BCUT2D eigenvalue weighted by Gasteiger charge is -2.50. The number of hydrogen-bond acceptors (Lipinski definition) is 3. The van der Waals surface area contributed by atoms with Crippen molar-refractivity contribution < 1.29 is 9.90 Å². The highest BCUT2D eigenvalue weighted by atomic mass is 16.4. The smallest absolute Gasteiger partial charge is 0.303 e. The Morgan fingerprint density at radius 3 is 2.65 bits per heavy atom. The Balaban J connectivity index is 2.63. The summed E-state index contributed by atoms with van der Waals surface area (Å²) in [5.41, 5.74) is 0.136. The van der Waals surface area contributed by atoms with E-state index >= 15 is 0 Å². The maximum Gasteiger partial charge on any atom is 0.303 e. The second kappa shape index (κ2) is 5.83. The highest BCUT2D eigenvalue weighted by Gasteiger charge is 2.36. The molecule has 0 aromatic carbocycles. The SMILES string of the molecule is CCCN1CC(CCC(=O)O)N(C)C(C)(C)C1. The van der Waals surface area contributed by atoms with Gasteiger partial charge in [0.2, 0.25) is 0 Å². The van der Waals surface area contributed by atoms with Gasteiger partial charge in [-0.15, -0.1) is 0 Å². The normalized spacial score (nSPS) is 26.0. The summed E-state index contributed by atoms with van der Waals surface area (Å²) in [5.74, 6) is -0.691. The summed E-state index contributed by atoms with van der Waals surface area (Å²) < 4.78 is 0. The topological polar surface area (TPSA) is 43.8 Å². The zero-order valence-corrected chi connectivity index (χ0v) is 11.6. The number of nitrogens with zero attached hydrogens (tertiary/aromatic N) is 2. The molecular weight excluding hydrogens is 216 g/mol. The van der Waals surface area contributed by atoms with E-state index < -0.39 is 5.97 Å². The highest BCUT2D eigenvalue weighted by Crippen LogP contribution is 2.25. The number of carbonyl (C=O) groups is 1. The molecule has 1 rings (SSSR count). The van der Waals surface area contributed by atoms with Crippen molar-refractivity contribution in [3.8, 4) is 0 Å². The number of likely N-dealkylation sites (N-methyl/N-ethyl adjacent to an activating group) is 1. The zero-order valence-electron chi connectivity index (χ0n) is 11.6. The molecule has 0 aliphatic carbocycles. The van der Waals surface area contributed by atoms with Crippen LogP contribution < -0.4 is 0 Å². The number of aliphatic carboxylic acids is 1. The van der Waals surface area contributed by atoms with Gasteiger partial charge in [-0.1, -0.05) is 6.92 Å². The van der Waals surface area contributed by atoms with Crippen molar-refractivity contribution in [2.24, 2.45) is 0 Å². The van der Waals surface area contributed by atoms with Gasteiger partial charge in [0, 0.05) is 31.1 Å². The van der Waals surface area contributed by atoms with E-state index in [2.05, 4.69) is 37.6 Å². The number of rotatable bonds is 5. The van der Waals surface area contributed by atoms with Crippen molar-refractivity contribution in [1.82, 2.24) is 9.80 Å². The quantitative estimate of drug-likeness (QED) is 0.796. The third kappa shape index (κ3) is 3.96. The predicted octanol–water partition coefficient (Wildman–Crippen LogP) is 1.66. The van der Waals surface area contributed by atoms with Gasteiger partial charge in [0.1, 0.15) is 0 Å². The van der Waals surface area contributed by atoms with Gasteiger partial charge >= 0.3 is 5.97 Å². The van der Waals surface area contributed by atoms with E-state index in [1.54, 1.807) is 0 Å².